The molecule has 30 heavy (non-hydrogen) atoms. The molecule has 0 aliphatic heterocycles. The van der Waals surface area contributed by atoms with Crippen LogP contribution in [0.25, 0.3) is 0 Å². The Bertz CT molecular complexity index is 410. The highest BCUT2D eigenvalue weighted by Gasteiger charge is 2.20. The van der Waals surface area contributed by atoms with Gasteiger partial charge in [-0.25, -0.2) is 0 Å². The number of carboxylic acids is 1. The van der Waals surface area contributed by atoms with Crippen LogP contribution in [0.2, 0.25) is 0 Å². The molecule has 0 rings (SSSR count). The number of unbranched alkanes of at least 4 members (excludes halogenated alkanes) is 13. The van der Waals surface area contributed by atoms with Crippen LogP contribution in [-0.2, 0) is 14.3 Å². The number of esters is 1. The molecule has 5 heteroatoms. The Hall–Kier alpha value is -1.10. The summed E-state index contributed by atoms with van der Waals surface area (Å²) in [5, 5.41) is 19.1. The Labute approximate surface area is 185 Å². The van der Waals surface area contributed by atoms with Crippen molar-refractivity contribution >= 4 is 11.9 Å². The largest absolute Gasteiger partial charge is 0.481 e. The molecule has 0 aliphatic carbocycles. The summed E-state index contributed by atoms with van der Waals surface area (Å²) < 4.78 is 5.34. The van der Waals surface area contributed by atoms with Crippen LogP contribution < -0.4 is 0 Å². The zero-order chi connectivity index (χ0) is 22.5. The van der Waals surface area contributed by atoms with Crippen molar-refractivity contribution in [3.8, 4) is 0 Å². The number of aliphatic hydroxyl groups excluding tert-OH is 1. The Morgan fingerprint density at radius 1 is 0.667 bits per heavy atom. The van der Waals surface area contributed by atoms with Gasteiger partial charge in [0.2, 0.25) is 0 Å². The van der Waals surface area contributed by atoms with Crippen molar-refractivity contribution in [2.75, 3.05) is 0 Å². The Morgan fingerprint density at radius 2 is 1.10 bits per heavy atom. The van der Waals surface area contributed by atoms with E-state index in [9.17, 15) is 14.7 Å². The Balaban J connectivity index is 3.77. The molecular weight excluding hydrogens is 380 g/mol. The lowest BCUT2D eigenvalue weighted by atomic mass is 10.0. The number of ether oxygens (including phenoxy) is 1. The second kappa shape index (κ2) is 21.1. The highest BCUT2D eigenvalue weighted by molar-refractivity contribution is 5.71. The van der Waals surface area contributed by atoms with Crippen molar-refractivity contribution in [3.63, 3.8) is 0 Å². The summed E-state index contributed by atoms with van der Waals surface area (Å²) >= 11 is 0. The second-order valence-electron chi connectivity index (χ2n) is 8.74. The van der Waals surface area contributed by atoms with Gasteiger partial charge >= 0.3 is 11.9 Å². The number of aliphatic hydroxyl groups is 1. The van der Waals surface area contributed by atoms with E-state index in [-0.39, 0.29) is 12.8 Å². The number of carboxylic acid groups (broad SMARTS) is 1. The molecule has 0 saturated heterocycles. The molecule has 0 spiro atoms. The first-order valence-corrected chi connectivity index (χ1v) is 12.6. The van der Waals surface area contributed by atoms with Gasteiger partial charge in [-0.3, -0.25) is 9.59 Å². The van der Waals surface area contributed by atoms with E-state index in [2.05, 4.69) is 13.8 Å². The van der Waals surface area contributed by atoms with Crippen molar-refractivity contribution in [2.24, 2.45) is 0 Å². The predicted molar refractivity (Wildman–Crippen MR) is 123 cm³/mol. The molecule has 2 unspecified atom stereocenters. The third-order valence-electron chi connectivity index (χ3n) is 5.62. The van der Waals surface area contributed by atoms with Crippen molar-refractivity contribution in [1.82, 2.24) is 0 Å². The van der Waals surface area contributed by atoms with Crippen LogP contribution in [0.5, 0.6) is 0 Å². The molecule has 0 fully saturated rings. The summed E-state index contributed by atoms with van der Waals surface area (Å²) in [6, 6.07) is 0. The minimum Gasteiger partial charge on any atom is -0.481 e. The van der Waals surface area contributed by atoms with Gasteiger partial charge in [-0.1, -0.05) is 104 Å². The third-order valence-corrected chi connectivity index (χ3v) is 5.62. The number of carbonyl (C=O) groups is 2. The molecule has 0 aliphatic rings. The van der Waals surface area contributed by atoms with E-state index in [0.717, 1.165) is 38.5 Å². The lowest BCUT2D eigenvalue weighted by Gasteiger charge is -2.17. The first-order valence-electron chi connectivity index (χ1n) is 12.6. The molecule has 2 N–H and O–H groups in total. The van der Waals surface area contributed by atoms with Gasteiger partial charge in [0.05, 0.1) is 18.9 Å². The molecule has 5 nitrogen and oxygen atoms in total. The van der Waals surface area contributed by atoms with Crippen LogP contribution >= 0.6 is 0 Å². The van der Waals surface area contributed by atoms with Gasteiger partial charge in [0.1, 0.15) is 6.10 Å². The van der Waals surface area contributed by atoms with Gasteiger partial charge in [-0.15, -0.1) is 0 Å². The maximum Gasteiger partial charge on any atom is 0.308 e. The molecule has 2 atom stereocenters. The van der Waals surface area contributed by atoms with Crippen LogP contribution in [-0.4, -0.2) is 34.4 Å². The van der Waals surface area contributed by atoms with Crippen molar-refractivity contribution < 1.29 is 24.5 Å². The van der Waals surface area contributed by atoms with E-state index >= 15 is 0 Å². The SMILES string of the molecule is CCCCCCCCCCCCCC(O)CC(=O)OC(CCCCCC)CC(=O)O. The number of hydrogen-bond acceptors (Lipinski definition) is 4. The standard InChI is InChI=1S/C25H48O5/c1-3-5-7-9-10-11-12-13-14-15-16-18-22(26)20-25(29)30-23(21-24(27)28)19-17-8-6-4-2/h22-23,26H,3-21H2,1-2H3,(H,27,28). The quantitative estimate of drug-likeness (QED) is 0.146. The Morgan fingerprint density at radius 3 is 1.60 bits per heavy atom. The molecule has 0 aromatic carbocycles. The molecule has 0 amide bonds. The maximum atomic E-state index is 12.1. The summed E-state index contributed by atoms with van der Waals surface area (Å²) in [6.45, 7) is 4.36. The molecular formula is C25H48O5. The van der Waals surface area contributed by atoms with E-state index in [0.29, 0.717) is 12.8 Å². The fourth-order valence-electron chi connectivity index (χ4n) is 3.77. The van der Waals surface area contributed by atoms with Gasteiger partial charge in [0, 0.05) is 0 Å². The van der Waals surface area contributed by atoms with Crippen molar-refractivity contribution in [1.29, 1.82) is 0 Å². The van der Waals surface area contributed by atoms with Gasteiger partial charge in [0.25, 0.3) is 0 Å². The molecule has 178 valence electrons. The summed E-state index contributed by atoms with van der Waals surface area (Å²) in [5.74, 6) is -1.43. The number of aliphatic carboxylic acids is 1. The maximum absolute atomic E-state index is 12.1. The van der Waals surface area contributed by atoms with Crippen LogP contribution in [0.3, 0.4) is 0 Å². The molecule has 0 aromatic heterocycles. The lowest BCUT2D eigenvalue weighted by molar-refractivity contribution is -0.155. The van der Waals surface area contributed by atoms with E-state index in [1.165, 1.54) is 57.8 Å². The van der Waals surface area contributed by atoms with Gasteiger partial charge in [0.15, 0.2) is 0 Å². The number of carbonyl (C=O) groups excluding carboxylic acids is 1. The summed E-state index contributed by atoms with van der Waals surface area (Å²) in [5.41, 5.74) is 0. The molecule has 0 aromatic rings. The zero-order valence-corrected chi connectivity index (χ0v) is 19.7. The highest BCUT2D eigenvalue weighted by Crippen LogP contribution is 2.16. The lowest BCUT2D eigenvalue weighted by Crippen LogP contribution is -2.24. The van der Waals surface area contributed by atoms with Crippen LogP contribution in [0.4, 0.5) is 0 Å². The van der Waals surface area contributed by atoms with Gasteiger partial charge < -0.3 is 14.9 Å². The Kier molecular flexibility index (Phi) is 20.4. The fraction of sp³-hybridized carbons (Fsp3) is 0.920. The second-order valence-corrected chi connectivity index (χ2v) is 8.74. The van der Waals surface area contributed by atoms with Crippen molar-refractivity contribution in [3.05, 3.63) is 0 Å². The number of hydrogen-bond donors (Lipinski definition) is 2. The molecule has 0 radical (unpaired) electrons. The summed E-state index contributed by atoms with van der Waals surface area (Å²) in [4.78, 5) is 23.0. The zero-order valence-electron chi connectivity index (χ0n) is 19.7. The van der Waals surface area contributed by atoms with E-state index in [1.807, 2.05) is 0 Å². The highest BCUT2D eigenvalue weighted by atomic mass is 16.5. The minimum absolute atomic E-state index is 0.0389. The first-order chi connectivity index (χ1) is 14.5. The normalized spacial score (nSPS) is 13.2. The monoisotopic (exact) mass is 428 g/mol. The van der Waals surface area contributed by atoms with Crippen LogP contribution in [0.1, 0.15) is 136 Å². The van der Waals surface area contributed by atoms with Crippen molar-refractivity contribution in [2.45, 2.75) is 148 Å². The molecule has 0 heterocycles. The average molecular weight is 429 g/mol. The van der Waals surface area contributed by atoms with Gasteiger partial charge in [-0.2, -0.15) is 0 Å². The smallest absolute Gasteiger partial charge is 0.308 e. The third kappa shape index (κ3) is 20.2. The van der Waals surface area contributed by atoms with Crippen LogP contribution in [0.15, 0.2) is 0 Å². The van der Waals surface area contributed by atoms with E-state index in [4.69, 9.17) is 9.84 Å². The van der Waals surface area contributed by atoms with E-state index < -0.39 is 24.1 Å². The summed E-state index contributed by atoms with van der Waals surface area (Å²) in [7, 11) is 0. The predicted octanol–water partition coefficient (Wildman–Crippen LogP) is 6.80. The van der Waals surface area contributed by atoms with E-state index in [1.54, 1.807) is 0 Å². The molecule has 0 saturated carbocycles. The number of rotatable bonds is 22. The first kappa shape index (κ1) is 28.9. The van der Waals surface area contributed by atoms with Gasteiger partial charge in [-0.05, 0) is 19.3 Å². The molecule has 0 bridgehead atoms. The summed E-state index contributed by atoms with van der Waals surface area (Å²) in [6.07, 6.45) is 17.6. The minimum atomic E-state index is -0.954. The van der Waals surface area contributed by atoms with Crippen LogP contribution in [0, 0.1) is 0 Å². The average Bonchev–Trinajstić information content (AvgIpc) is 2.68. The fourth-order valence-corrected chi connectivity index (χ4v) is 3.77. The topological polar surface area (TPSA) is 83.8 Å².